The molecule has 3 heteroatoms. The van der Waals surface area contributed by atoms with Crippen LogP contribution in [-0.2, 0) is 5.41 Å². The quantitative estimate of drug-likeness (QED) is 0.816. The monoisotopic (exact) mass is 283 g/mol. The van der Waals surface area contributed by atoms with E-state index in [1.165, 1.54) is 0 Å². The van der Waals surface area contributed by atoms with E-state index in [1.54, 1.807) is 6.07 Å². The Hall–Kier alpha value is -0.600. The molecule has 1 aromatic rings. The van der Waals surface area contributed by atoms with E-state index < -0.39 is 0 Å². The van der Waals surface area contributed by atoms with E-state index >= 15 is 0 Å². The highest BCUT2D eigenvalue weighted by Gasteiger charge is 2.54. The molecule has 1 nitrogen and oxygen atoms in total. The summed E-state index contributed by atoms with van der Waals surface area (Å²) in [4.78, 5) is 0. The zero-order valence-corrected chi connectivity index (χ0v) is 12.7. The smallest absolute Gasteiger partial charge is 0.145 e. The summed E-state index contributed by atoms with van der Waals surface area (Å²) in [5.41, 5.74) is 0.752. The highest BCUT2D eigenvalue weighted by molar-refractivity contribution is 6.30. The van der Waals surface area contributed by atoms with E-state index in [1.807, 2.05) is 12.1 Å². The van der Waals surface area contributed by atoms with E-state index in [2.05, 4.69) is 26.1 Å². The molecule has 1 aliphatic rings. The van der Waals surface area contributed by atoms with Crippen molar-refractivity contribution in [3.63, 3.8) is 0 Å². The fourth-order valence-corrected chi connectivity index (χ4v) is 3.20. The van der Waals surface area contributed by atoms with Crippen LogP contribution < -0.4 is 5.32 Å². The number of benzene rings is 1. The Labute approximate surface area is 120 Å². The van der Waals surface area contributed by atoms with Gasteiger partial charge in [0.15, 0.2) is 0 Å². The van der Waals surface area contributed by atoms with Crippen molar-refractivity contribution in [3.05, 3.63) is 34.6 Å². The lowest BCUT2D eigenvalue weighted by atomic mass is 9.91. The molecule has 0 radical (unpaired) electrons. The van der Waals surface area contributed by atoms with Gasteiger partial charge in [-0.05, 0) is 36.4 Å². The van der Waals surface area contributed by atoms with Crippen molar-refractivity contribution in [2.45, 2.75) is 39.0 Å². The summed E-state index contributed by atoms with van der Waals surface area (Å²) in [5, 5.41) is 3.73. The largest absolute Gasteiger partial charge is 0.316 e. The topological polar surface area (TPSA) is 12.0 Å². The van der Waals surface area contributed by atoms with Crippen LogP contribution in [0.25, 0.3) is 0 Å². The Morgan fingerprint density at radius 2 is 2.21 bits per heavy atom. The summed E-state index contributed by atoms with van der Waals surface area (Å²) < 4.78 is 14.3. The van der Waals surface area contributed by atoms with Gasteiger partial charge in [-0.15, -0.1) is 0 Å². The van der Waals surface area contributed by atoms with Gasteiger partial charge in [-0.3, -0.25) is 0 Å². The zero-order valence-electron chi connectivity index (χ0n) is 12.0. The third-order valence-corrected chi connectivity index (χ3v) is 4.50. The van der Waals surface area contributed by atoms with Crippen molar-refractivity contribution in [2.75, 3.05) is 13.1 Å². The minimum Gasteiger partial charge on any atom is -0.316 e. The van der Waals surface area contributed by atoms with Crippen LogP contribution in [0.5, 0.6) is 0 Å². The predicted octanol–water partition coefficient (Wildman–Crippen LogP) is 4.39. The average Bonchev–Trinajstić information content (AvgIpc) is 3.07. The second-order valence-corrected chi connectivity index (χ2v) is 6.50. The normalized spacial score (nSPS) is 25.9. The number of rotatable bonds is 6. The summed E-state index contributed by atoms with van der Waals surface area (Å²) in [6, 6.07) is 5.38. The second kappa shape index (κ2) is 5.80. The minimum absolute atomic E-state index is 0.0430. The summed E-state index contributed by atoms with van der Waals surface area (Å²) >= 11 is 5.93. The maximum atomic E-state index is 14.3. The molecule has 0 amide bonds. The van der Waals surface area contributed by atoms with E-state index in [4.69, 9.17) is 11.6 Å². The Balaban J connectivity index is 2.18. The first-order chi connectivity index (χ1) is 9.01. The van der Waals surface area contributed by atoms with Gasteiger partial charge in [0.1, 0.15) is 5.82 Å². The molecular formula is C16H23ClFN. The molecule has 2 unspecified atom stereocenters. The van der Waals surface area contributed by atoms with Gasteiger partial charge >= 0.3 is 0 Å². The number of nitrogens with one attached hydrogen (secondary N) is 1. The number of halogens is 2. The van der Waals surface area contributed by atoms with Crippen LogP contribution >= 0.6 is 11.6 Å². The number of hydrogen-bond acceptors (Lipinski definition) is 1. The molecular weight excluding hydrogens is 261 g/mol. The van der Waals surface area contributed by atoms with Gasteiger partial charge in [-0.2, -0.15) is 0 Å². The second-order valence-electron chi connectivity index (χ2n) is 6.09. The van der Waals surface area contributed by atoms with Crippen molar-refractivity contribution in [1.29, 1.82) is 0 Å². The van der Waals surface area contributed by atoms with E-state index in [0.29, 0.717) is 11.8 Å². The van der Waals surface area contributed by atoms with Crippen LogP contribution in [0, 0.1) is 17.7 Å². The third-order valence-electron chi connectivity index (χ3n) is 4.21. The first-order valence-corrected chi connectivity index (χ1v) is 7.54. The van der Waals surface area contributed by atoms with Gasteiger partial charge in [-0.1, -0.05) is 50.9 Å². The van der Waals surface area contributed by atoms with Crippen LogP contribution in [0.1, 0.15) is 39.2 Å². The molecule has 0 spiro atoms. The molecule has 0 saturated heterocycles. The lowest BCUT2D eigenvalue weighted by Crippen LogP contribution is -2.31. The van der Waals surface area contributed by atoms with Crippen LogP contribution in [0.15, 0.2) is 18.2 Å². The first kappa shape index (κ1) is 14.8. The van der Waals surface area contributed by atoms with E-state index in [0.717, 1.165) is 31.5 Å². The van der Waals surface area contributed by atoms with Gasteiger partial charge in [0.2, 0.25) is 0 Å². The highest BCUT2D eigenvalue weighted by atomic mass is 35.5. The third kappa shape index (κ3) is 2.95. The van der Waals surface area contributed by atoms with Crippen molar-refractivity contribution < 1.29 is 4.39 Å². The Bertz CT molecular complexity index is 446. The SMILES string of the molecule is CCC1CC1(CNCC(C)C)c1cccc(Cl)c1F. The maximum absolute atomic E-state index is 14.3. The molecule has 1 aromatic carbocycles. The summed E-state index contributed by atoms with van der Waals surface area (Å²) in [6.07, 6.45) is 2.15. The molecule has 1 fully saturated rings. The van der Waals surface area contributed by atoms with Crippen molar-refractivity contribution >= 4 is 11.6 Å². The molecule has 19 heavy (non-hydrogen) atoms. The van der Waals surface area contributed by atoms with Crippen LogP contribution in [0.3, 0.4) is 0 Å². The molecule has 2 rings (SSSR count). The molecule has 106 valence electrons. The van der Waals surface area contributed by atoms with Gasteiger partial charge in [0.05, 0.1) is 5.02 Å². The van der Waals surface area contributed by atoms with Gasteiger partial charge < -0.3 is 5.32 Å². The fraction of sp³-hybridized carbons (Fsp3) is 0.625. The Morgan fingerprint density at radius 3 is 2.79 bits per heavy atom. The summed E-state index contributed by atoms with van der Waals surface area (Å²) in [5.74, 6) is 0.951. The summed E-state index contributed by atoms with van der Waals surface area (Å²) in [7, 11) is 0. The molecule has 0 heterocycles. The van der Waals surface area contributed by atoms with Gasteiger partial charge in [0.25, 0.3) is 0 Å². The molecule has 1 saturated carbocycles. The van der Waals surface area contributed by atoms with Crippen molar-refractivity contribution in [3.8, 4) is 0 Å². The molecule has 1 aliphatic carbocycles. The summed E-state index contributed by atoms with van der Waals surface area (Å²) in [6.45, 7) is 8.37. The lowest BCUT2D eigenvalue weighted by Gasteiger charge is -2.21. The highest BCUT2D eigenvalue weighted by Crippen LogP contribution is 2.56. The predicted molar refractivity (Wildman–Crippen MR) is 79.2 cm³/mol. The molecule has 2 atom stereocenters. The maximum Gasteiger partial charge on any atom is 0.145 e. The van der Waals surface area contributed by atoms with Crippen molar-refractivity contribution in [1.82, 2.24) is 5.32 Å². The van der Waals surface area contributed by atoms with Crippen LogP contribution in [-0.4, -0.2) is 13.1 Å². The first-order valence-electron chi connectivity index (χ1n) is 7.16. The molecule has 0 aliphatic heterocycles. The molecule has 0 aromatic heterocycles. The molecule has 1 N–H and O–H groups in total. The van der Waals surface area contributed by atoms with E-state index in [-0.39, 0.29) is 16.3 Å². The van der Waals surface area contributed by atoms with Gasteiger partial charge in [-0.25, -0.2) is 4.39 Å². The average molecular weight is 284 g/mol. The van der Waals surface area contributed by atoms with Crippen LogP contribution in [0.2, 0.25) is 5.02 Å². The standard InChI is InChI=1S/C16H23ClFN/c1-4-12-8-16(12,10-19-9-11(2)3)13-6-5-7-14(17)15(13)18/h5-7,11-12,19H,4,8-10H2,1-3H3. The Kier molecular flexibility index (Phi) is 4.52. The zero-order chi connectivity index (χ0) is 14.0. The molecule has 0 bridgehead atoms. The fourth-order valence-electron chi connectivity index (χ4n) is 3.03. The minimum atomic E-state index is -0.230. The van der Waals surface area contributed by atoms with E-state index in [9.17, 15) is 4.39 Å². The van der Waals surface area contributed by atoms with Gasteiger partial charge in [0, 0.05) is 12.0 Å². The van der Waals surface area contributed by atoms with Crippen molar-refractivity contribution in [2.24, 2.45) is 11.8 Å². The lowest BCUT2D eigenvalue weighted by molar-refractivity contribution is 0.467. The van der Waals surface area contributed by atoms with Crippen LogP contribution in [0.4, 0.5) is 4.39 Å². The number of hydrogen-bond donors (Lipinski definition) is 1. The Morgan fingerprint density at radius 1 is 1.47 bits per heavy atom.